The van der Waals surface area contributed by atoms with Gasteiger partial charge >= 0.3 is 0 Å². The molecule has 4 aromatic rings. The van der Waals surface area contributed by atoms with Gasteiger partial charge in [-0.05, 0) is 42.6 Å². The number of nitrogens with zero attached hydrogens (tertiary/aromatic N) is 3. The second-order valence-electron chi connectivity index (χ2n) is 5.98. The molecule has 1 amide bonds. The van der Waals surface area contributed by atoms with Gasteiger partial charge in [-0.15, -0.1) is 11.3 Å². The van der Waals surface area contributed by atoms with Crippen molar-refractivity contribution < 1.29 is 9.18 Å². The van der Waals surface area contributed by atoms with Crippen molar-refractivity contribution in [1.82, 2.24) is 19.7 Å². The highest BCUT2D eigenvalue weighted by Crippen LogP contribution is 2.27. The minimum atomic E-state index is -0.436. The Labute approximate surface area is 162 Å². The molecular formula is C19H14FN5O2S. The topological polar surface area (TPSA) is 92.7 Å². The predicted octanol–water partition coefficient (Wildman–Crippen LogP) is 3.38. The molecule has 2 N–H and O–H groups in total. The monoisotopic (exact) mass is 395 g/mol. The smallest absolute Gasteiger partial charge is 0.256 e. The standard InChI is InChI=1S/C19H14FN5O2S/c1-11-9-17(26)23-19(21-11)25-16(10-14(24-25)15-3-2-8-28-15)22-18(27)12-4-6-13(20)7-5-12/h2-10H,1H3,(H,22,27)(H,21,23,26). The quantitative estimate of drug-likeness (QED) is 0.554. The van der Waals surface area contributed by atoms with Crippen LogP contribution in [-0.4, -0.2) is 25.7 Å². The summed E-state index contributed by atoms with van der Waals surface area (Å²) in [6.45, 7) is 1.69. The van der Waals surface area contributed by atoms with Crippen LogP contribution in [0.15, 0.2) is 58.7 Å². The number of benzene rings is 1. The van der Waals surface area contributed by atoms with Gasteiger partial charge in [0, 0.05) is 23.4 Å². The third-order valence-electron chi connectivity index (χ3n) is 3.89. The van der Waals surface area contributed by atoms with Crippen LogP contribution in [0.1, 0.15) is 16.1 Å². The number of anilines is 1. The van der Waals surface area contributed by atoms with E-state index in [1.54, 1.807) is 13.0 Å². The molecule has 0 spiro atoms. The molecule has 0 aliphatic carbocycles. The molecule has 0 unspecified atom stereocenters. The first-order valence-electron chi connectivity index (χ1n) is 8.29. The van der Waals surface area contributed by atoms with E-state index in [2.05, 4.69) is 20.4 Å². The Morgan fingerprint density at radius 3 is 2.68 bits per heavy atom. The average Bonchev–Trinajstić information content (AvgIpc) is 3.31. The maximum absolute atomic E-state index is 13.1. The highest BCUT2D eigenvalue weighted by molar-refractivity contribution is 7.13. The maximum atomic E-state index is 13.1. The summed E-state index contributed by atoms with van der Waals surface area (Å²) in [4.78, 5) is 32.2. The maximum Gasteiger partial charge on any atom is 0.256 e. The fourth-order valence-electron chi connectivity index (χ4n) is 2.63. The molecule has 0 saturated heterocycles. The number of amides is 1. The molecule has 0 radical (unpaired) electrons. The van der Waals surface area contributed by atoms with Crippen LogP contribution in [0.5, 0.6) is 0 Å². The van der Waals surface area contributed by atoms with E-state index in [9.17, 15) is 14.0 Å². The van der Waals surface area contributed by atoms with Crippen LogP contribution in [0.2, 0.25) is 0 Å². The minimum absolute atomic E-state index is 0.183. The summed E-state index contributed by atoms with van der Waals surface area (Å²) in [7, 11) is 0. The summed E-state index contributed by atoms with van der Waals surface area (Å²) in [5.41, 5.74) is 1.10. The molecule has 0 aliphatic heterocycles. The van der Waals surface area contributed by atoms with Gasteiger partial charge in [-0.2, -0.15) is 9.78 Å². The van der Waals surface area contributed by atoms with E-state index in [-0.39, 0.29) is 17.1 Å². The SMILES string of the molecule is Cc1cc(=O)[nH]c(-n2nc(-c3cccs3)cc2NC(=O)c2ccc(F)cc2)n1. The molecule has 28 heavy (non-hydrogen) atoms. The number of H-pyrrole nitrogens is 1. The van der Waals surface area contributed by atoms with Gasteiger partial charge in [0.2, 0.25) is 5.95 Å². The lowest BCUT2D eigenvalue weighted by Crippen LogP contribution is -2.18. The van der Waals surface area contributed by atoms with Gasteiger partial charge in [-0.3, -0.25) is 14.6 Å². The Morgan fingerprint density at radius 1 is 1.21 bits per heavy atom. The number of aromatic nitrogens is 4. The van der Waals surface area contributed by atoms with E-state index < -0.39 is 11.7 Å². The minimum Gasteiger partial charge on any atom is -0.306 e. The summed E-state index contributed by atoms with van der Waals surface area (Å²) < 4.78 is 14.5. The van der Waals surface area contributed by atoms with Gasteiger partial charge in [-0.1, -0.05) is 6.07 Å². The average molecular weight is 395 g/mol. The van der Waals surface area contributed by atoms with Crippen molar-refractivity contribution in [3.8, 4) is 16.5 Å². The first-order valence-corrected chi connectivity index (χ1v) is 9.17. The lowest BCUT2D eigenvalue weighted by Gasteiger charge is -2.08. The molecule has 3 aromatic heterocycles. The number of aromatic amines is 1. The van der Waals surface area contributed by atoms with E-state index in [0.717, 1.165) is 4.88 Å². The van der Waals surface area contributed by atoms with Crippen molar-refractivity contribution in [2.45, 2.75) is 6.92 Å². The van der Waals surface area contributed by atoms with Gasteiger partial charge in [-0.25, -0.2) is 9.37 Å². The number of nitrogens with one attached hydrogen (secondary N) is 2. The Balaban J connectivity index is 1.77. The number of carbonyl (C=O) groups is 1. The van der Waals surface area contributed by atoms with Crippen LogP contribution >= 0.6 is 11.3 Å². The Hall–Kier alpha value is -3.59. The van der Waals surface area contributed by atoms with Gasteiger partial charge in [0.05, 0.1) is 4.88 Å². The Kier molecular flexibility index (Phi) is 4.58. The number of aryl methyl sites for hydroxylation is 1. The summed E-state index contributed by atoms with van der Waals surface area (Å²) >= 11 is 1.49. The molecule has 7 nitrogen and oxygen atoms in total. The summed E-state index contributed by atoms with van der Waals surface area (Å²) in [5, 5.41) is 9.15. The zero-order valence-corrected chi connectivity index (χ0v) is 15.5. The fourth-order valence-corrected chi connectivity index (χ4v) is 3.31. The molecular weight excluding hydrogens is 381 g/mol. The van der Waals surface area contributed by atoms with Crippen LogP contribution in [-0.2, 0) is 0 Å². The number of rotatable bonds is 4. The number of thiophene rings is 1. The van der Waals surface area contributed by atoms with Crippen LogP contribution in [0, 0.1) is 12.7 Å². The van der Waals surface area contributed by atoms with Crippen molar-refractivity contribution in [2.24, 2.45) is 0 Å². The molecule has 0 aliphatic rings. The summed E-state index contributed by atoms with van der Waals surface area (Å²) in [5.74, 6) is -0.356. The fraction of sp³-hybridized carbons (Fsp3) is 0.0526. The van der Waals surface area contributed by atoms with Crippen molar-refractivity contribution in [3.63, 3.8) is 0 Å². The molecule has 0 fully saturated rings. The van der Waals surface area contributed by atoms with E-state index in [4.69, 9.17) is 0 Å². The highest BCUT2D eigenvalue weighted by atomic mass is 32.1. The number of hydrogen-bond donors (Lipinski definition) is 2. The van der Waals surface area contributed by atoms with E-state index in [0.29, 0.717) is 17.2 Å². The zero-order valence-electron chi connectivity index (χ0n) is 14.6. The molecule has 0 atom stereocenters. The summed E-state index contributed by atoms with van der Waals surface area (Å²) in [6, 6.07) is 12.0. The Bertz CT molecular complexity index is 1200. The molecule has 4 rings (SSSR count). The molecule has 3 heterocycles. The third-order valence-corrected chi connectivity index (χ3v) is 4.78. The molecule has 140 valence electrons. The van der Waals surface area contributed by atoms with E-state index in [1.165, 1.54) is 46.4 Å². The van der Waals surface area contributed by atoms with Gasteiger partial charge in [0.1, 0.15) is 17.3 Å². The second-order valence-corrected chi connectivity index (χ2v) is 6.92. The van der Waals surface area contributed by atoms with Crippen molar-refractivity contribution in [3.05, 3.63) is 81.3 Å². The molecule has 0 bridgehead atoms. The molecule has 9 heteroatoms. The van der Waals surface area contributed by atoms with Gasteiger partial charge in [0.15, 0.2) is 0 Å². The van der Waals surface area contributed by atoms with Crippen LogP contribution in [0.4, 0.5) is 10.2 Å². The van der Waals surface area contributed by atoms with E-state index >= 15 is 0 Å². The Morgan fingerprint density at radius 2 is 2.00 bits per heavy atom. The van der Waals surface area contributed by atoms with Gasteiger partial charge < -0.3 is 5.32 Å². The van der Waals surface area contributed by atoms with Crippen LogP contribution in [0.3, 0.4) is 0 Å². The van der Waals surface area contributed by atoms with Crippen molar-refractivity contribution >= 4 is 23.1 Å². The molecule has 0 saturated carbocycles. The van der Waals surface area contributed by atoms with Crippen molar-refractivity contribution in [1.29, 1.82) is 0 Å². The lowest BCUT2D eigenvalue weighted by molar-refractivity contribution is 0.102. The summed E-state index contributed by atoms with van der Waals surface area (Å²) in [6.07, 6.45) is 0. The number of carbonyl (C=O) groups excluding carboxylic acids is 1. The lowest BCUT2D eigenvalue weighted by atomic mass is 10.2. The van der Waals surface area contributed by atoms with Gasteiger partial charge in [0.25, 0.3) is 11.5 Å². The molecule has 1 aromatic carbocycles. The number of hydrogen-bond acceptors (Lipinski definition) is 5. The van der Waals surface area contributed by atoms with Crippen LogP contribution < -0.4 is 10.9 Å². The normalized spacial score (nSPS) is 10.8. The second kappa shape index (κ2) is 7.20. The highest BCUT2D eigenvalue weighted by Gasteiger charge is 2.17. The predicted molar refractivity (Wildman–Crippen MR) is 104 cm³/mol. The first-order chi connectivity index (χ1) is 13.5. The zero-order chi connectivity index (χ0) is 19.7. The van der Waals surface area contributed by atoms with Crippen molar-refractivity contribution in [2.75, 3.05) is 5.32 Å². The van der Waals surface area contributed by atoms with Crippen LogP contribution in [0.25, 0.3) is 16.5 Å². The first kappa shape index (κ1) is 17.8. The number of halogens is 1. The third kappa shape index (κ3) is 3.60. The van der Waals surface area contributed by atoms with E-state index in [1.807, 2.05) is 17.5 Å². The largest absolute Gasteiger partial charge is 0.306 e.